The van der Waals surface area contributed by atoms with E-state index < -0.39 is 5.97 Å². The van der Waals surface area contributed by atoms with E-state index in [1.807, 2.05) is 18.2 Å². The maximum Gasteiger partial charge on any atom is 0.355 e. The molecule has 2 N–H and O–H groups in total. The molecular formula is C11H9ClN2O2S. The molecule has 0 aliphatic carbocycles. The van der Waals surface area contributed by atoms with E-state index in [0.29, 0.717) is 16.7 Å². The minimum atomic E-state index is -1.02. The fraction of sp³-hybridized carbons (Fsp3) is 0.0909. The average Bonchev–Trinajstić information content (AvgIpc) is 2.75. The molecule has 4 nitrogen and oxygen atoms in total. The molecule has 0 aliphatic heterocycles. The lowest BCUT2D eigenvalue weighted by Crippen LogP contribution is -2.01. The first-order chi connectivity index (χ1) is 8.15. The van der Waals surface area contributed by atoms with Crippen LogP contribution in [-0.2, 0) is 6.54 Å². The van der Waals surface area contributed by atoms with Crippen LogP contribution in [0.4, 0.5) is 5.13 Å². The molecule has 0 fully saturated rings. The van der Waals surface area contributed by atoms with Gasteiger partial charge in [-0.2, -0.15) is 0 Å². The van der Waals surface area contributed by atoms with Crippen molar-refractivity contribution in [3.63, 3.8) is 0 Å². The second-order valence-electron chi connectivity index (χ2n) is 3.33. The van der Waals surface area contributed by atoms with Gasteiger partial charge in [-0.3, -0.25) is 0 Å². The molecule has 0 atom stereocenters. The largest absolute Gasteiger partial charge is 0.476 e. The Morgan fingerprint density at radius 2 is 2.35 bits per heavy atom. The monoisotopic (exact) mass is 268 g/mol. The van der Waals surface area contributed by atoms with Crippen LogP contribution in [0.25, 0.3) is 0 Å². The molecule has 17 heavy (non-hydrogen) atoms. The van der Waals surface area contributed by atoms with Gasteiger partial charge in [-0.25, -0.2) is 9.78 Å². The zero-order valence-corrected chi connectivity index (χ0v) is 10.3. The summed E-state index contributed by atoms with van der Waals surface area (Å²) in [5.74, 6) is -1.02. The summed E-state index contributed by atoms with van der Waals surface area (Å²) in [6, 6.07) is 7.45. The molecule has 1 aromatic heterocycles. The lowest BCUT2D eigenvalue weighted by atomic mass is 10.2. The fourth-order valence-corrected chi connectivity index (χ4v) is 2.17. The number of carboxylic acid groups (broad SMARTS) is 1. The number of carboxylic acids is 1. The van der Waals surface area contributed by atoms with Crippen molar-refractivity contribution in [2.45, 2.75) is 6.54 Å². The SMILES string of the molecule is O=C(O)c1csc(NCc2cccc(Cl)c2)n1. The molecule has 0 bridgehead atoms. The van der Waals surface area contributed by atoms with Crippen LogP contribution in [-0.4, -0.2) is 16.1 Å². The highest BCUT2D eigenvalue weighted by Crippen LogP contribution is 2.17. The maximum absolute atomic E-state index is 10.6. The minimum absolute atomic E-state index is 0.0589. The summed E-state index contributed by atoms with van der Waals surface area (Å²) >= 11 is 7.12. The van der Waals surface area contributed by atoms with Crippen LogP contribution in [0.15, 0.2) is 29.6 Å². The van der Waals surface area contributed by atoms with Crippen LogP contribution in [0.1, 0.15) is 16.1 Å². The number of anilines is 1. The Balaban J connectivity index is 2.00. The number of thiazole rings is 1. The summed E-state index contributed by atoms with van der Waals surface area (Å²) in [6.45, 7) is 0.563. The van der Waals surface area contributed by atoms with Gasteiger partial charge in [-0.05, 0) is 17.7 Å². The van der Waals surface area contributed by atoms with E-state index in [2.05, 4.69) is 10.3 Å². The Labute approximate surface area is 107 Å². The average molecular weight is 269 g/mol. The van der Waals surface area contributed by atoms with Crippen molar-refractivity contribution in [1.29, 1.82) is 0 Å². The van der Waals surface area contributed by atoms with Crippen molar-refractivity contribution in [2.75, 3.05) is 5.32 Å². The highest BCUT2D eigenvalue weighted by atomic mass is 35.5. The van der Waals surface area contributed by atoms with Crippen LogP contribution >= 0.6 is 22.9 Å². The number of benzene rings is 1. The third kappa shape index (κ3) is 3.18. The van der Waals surface area contributed by atoms with Crippen LogP contribution in [0.2, 0.25) is 5.02 Å². The normalized spacial score (nSPS) is 10.2. The Kier molecular flexibility index (Phi) is 3.61. The number of carbonyl (C=O) groups is 1. The third-order valence-electron chi connectivity index (χ3n) is 2.06. The second kappa shape index (κ2) is 5.16. The van der Waals surface area contributed by atoms with Gasteiger partial charge in [0, 0.05) is 16.9 Å². The smallest absolute Gasteiger partial charge is 0.355 e. The van der Waals surface area contributed by atoms with Crippen molar-refractivity contribution < 1.29 is 9.90 Å². The summed E-state index contributed by atoms with van der Waals surface area (Å²) in [6.07, 6.45) is 0. The Morgan fingerprint density at radius 1 is 1.53 bits per heavy atom. The standard InChI is InChI=1S/C11H9ClN2O2S/c12-8-3-1-2-7(4-8)5-13-11-14-9(6-17-11)10(15)16/h1-4,6H,5H2,(H,13,14)(H,15,16). The summed E-state index contributed by atoms with van der Waals surface area (Å²) in [5.41, 5.74) is 1.08. The molecule has 6 heteroatoms. The molecular weight excluding hydrogens is 260 g/mol. The molecule has 0 saturated carbocycles. The van der Waals surface area contributed by atoms with Gasteiger partial charge in [-0.15, -0.1) is 11.3 Å². The predicted molar refractivity (Wildman–Crippen MR) is 67.9 cm³/mol. The number of halogens is 1. The fourth-order valence-electron chi connectivity index (χ4n) is 1.28. The zero-order valence-electron chi connectivity index (χ0n) is 8.68. The second-order valence-corrected chi connectivity index (χ2v) is 4.62. The van der Waals surface area contributed by atoms with Gasteiger partial charge in [0.05, 0.1) is 0 Å². The molecule has 2 aromatic rings. The first-order valence-corrected chi connectivity index (χ1v) is 6.08. The molecule has 0 spiro atoms. The van der Waals surface area contributed by atoms with Crippen LogP contribution < -0.4 is 5.32 Å². The minimum Gasteiger partial charge on any atom is -0.476 e. The molecule has 1 heterocycles. The first kappa shape index (κ1) is 11.9. The van der Waals surface area contributed by atoms with Gasteiger partial charge in [0.15, 0.2) is 10.8 Å². The highest BCUT2D eigenvalue weighted by molar-refractivity contribution is 7.13. The summed E-state index contributed by atoms with van der Waals surface area (Å²) in [7, 11) is 0. The van der Waals surface area contributed by atoms with Crippen molar-refractivity contribution in [3.05, 3.63) is 45.9 Å². The topological polar surface area (TPSA) is 62.2 Å². The lowest BCUT2D eigenvalue weighted by molar-refractivity contribution is 0.0691. The molecule has 2 rings (SSSR count). The van der Waals surface area contributed by atoms with Crippen molar-refractivity contribution in [1.82, 2.24) is 4.98 Å². The lowest BCUT2D eigenvalue weighted by Gasteiger charge is -2.02. The van der Waals surface area contributed by atoms with Crippen molar-refractivity contribution >= 4 is 34.0 Å². The molecule has 0 saturated heterocycles. The van der Waals surface area contributed by atoms with Crippen LogP contribution in [0, 0.1) is 0 Å². The van der Waals surface area contributed by atoms with E-state index in [-0.39, 0.29) is 5.69 Å². The van der Waals surface area contributed by atoms with Crippen molar-refractivity contribution in [3.8, 4) is 0 Å². The molecule has 0 radical (unpaired) electrons. The molecule has 0 unspecified atom stereocenters. The Bertz CT molecular complexity index is 542. The quantitative estimate of drug-likeness (QED) is 0.894. The molecule has 0 aliphatic rings. The number of rotatable bonds is 4. The first-order valence-electron chi connectivity index (χ1n) is 4.82. The number of nitrogens with zero attached hydrogens (tertiary/aromatic N) is 1. The van der Waals surface area contributed by atoms with Gasteiger partial charge in [0.25, 0.3) is 0 Å². The van der Waals surface area contributed by atoms with Crippen LogP contribution in [0.3, 0.4) is 0 Å². The van der Waals surface area contributed by atoms with E-state index in [9.17, 15) is 4.79 Å². The maximum atomic E-state index is 10.6. The predicted octanol–water partition coefficient (Wildman–Crippen LogP) is 3.11. The van der Waals surface area contributed by atoms with E-state index in [4.69, 9.17) is 16.7 Å². The third-order valence-corrected chi connectivity index (χ3v) is 3.09. The van der Waals surface area contributed by atoms with E-state index in [1.165, 1.54) is 16.7 Å². The Hall–Kier alpha value is -1.59. The number of hydrogen-bond acceptors (Lipinski definition) is 4. The van der Waals surface area contributed by atoms with Gasteiger partial charge in [0.1, 0.15) is 0 Å². The van der Waals surface area contributed by atoms with Gasteiger partial charge in [0.2, 0.25) is 0 Å². The summed E-state index contributed by atoms with van der Waals surface area (Å²) in [5, 5.41) is 14.5. The molecule has 1 aromatic carbocycles. The summed E-state index contributed by atoms with van der Waals surface area (Å²) < 4.78 is 0. The van der Waals surface area contributed by atoms with Crippen LogP contribution in [0.5, 0.6) is 0 Å². The zero-order chi connectivity index (χ0) is 12.3. The summed E-state index contributed by atoms with van der Waals surface area (Å²) in [4.78, 5) is 14.6. The number of aromatic carboxylic acids is 1. The highest BCUT2D eigenvalue weighted by Gasteiger charge is 2.07. The van der Waals surface area contributed by atoms with Gasteiger partial charge < -0.3 is 10.4 Å². The van der Waals surface area contributed by atoms with E-state index in [0.717, 1.165) is 5.56 Å². The van der Waals surface area contributed by atoms with Gasteiger partial charge in [-0.1, -0.05) is 23.7 Å². The van der Waals surface area contributed by atoms with E-state index >= 15 is 0 Å². The number of nitrogens with one attached hydrogen (secondary N) is 1. The molecule has 0 amide bonds. The van der Waals surface area contributed by atoms with E-state index in [1.54, 1.807) is 6.07 Å². The van der Waals surface area contributed by atoms with Crippen molar-refractivity contribution in [2.24, 2.45) is 0 Å². The molecule has 88 valence electrons. The number of aromatic nitrogens is 1. The van der Waals surface area contributed by atoms with Gasteiger partial charge >= 0.3 is 5.97 Å². The number of hydrogen-bond donors (Lipinski definition) is 2. The Morgan fingerprint density at radius 3 is 3.00 bits per heavy atom.